The van der Waals surface area contributed by atoms with Gasteiger partial charge in [-0.15, -0.1) is 0 Å². The molecule has 0 radical (unpaired) electrons. The Morgan fingerprint density at radius 3 is 2.38 bits per heavy atom. The summed E-state index contributed by atoms with van der Waals surface area (Å²) in [7, 11) is 3.53. The molecule has 3 aromatic rings. The molecule has 5 nitrogen and oxygen atoms in total. The molecule has 2 heterocycles. The normalized spacial score (nSPS) is 14.1. The molecule has 0 saturated carbocycles. The zero-order valence-electron chi connectivity index (χ0n) is 21.5. The molecule has 1 aliphatic heterocycles. The van der Waals surface area contributed by atoms with Crippen molar-refractivity contribution >= 4 is 22.6 Å². The van der Waals surface area contributed by atoms with Crippen LogP contribution in [0, 0.1) is 25.7 Å². The molecule has 34 heavy (non-hydrogen) atoms. The largest absolute Gasteiger partial charge is 0.467 e. The van der Waals surface area contributed by atoms with Crippen molar-refractivity contribution in [3.05, 3.63) is 52.7 Å². The Morgan fingerprint density at radius 2 is 1.79 bits per heavy atom. The fourth-order valence-electron chi connectivity index (χ4n) is 4.97. The highest BCUT2D eigenvalue weighted by Gasteiger charge is 2.36. The summed E-state index contributed by atoms with van der Waals surface area (Å²) in [5, 5.41) is 1.08. The van der Waals surface area contributed by atoms with Crippen molar-refractivity contribution in [2.24, 2.45) is 0 Å². The van der Waals surface area contributed by atoms with Crippen LogP contribution in [0.2, 0.25) is 0 Å². The average Bonchev–Trinajstić information content (AvgIpc) is 3.13. The van der Waals surface area contributed by atoms with Crippen molar-refractivity contribution < 1.29 is 14.3 Å². The topological polar surface area (TPSA) is 43.7 Å². The van der Waals surface area contributed by atoms with Gasteiger partial charge in [0.25, 0.3) is 0 Å². The molecule has 0 bridgehead atoms. The minimum absolute atomic E-state index is 0.399. The summed E-state index contributed by atoms with van der Waals surface area (Å²) in [6.45, 7) is 13.6. The molecular weight excluding hydrogens is 424 g/mol. The molecule has 0 fully saturated rings. The van der Waals surface area contributed by atoms with E-state index in [0.717, 1.165) is 57.6 Å². The zero-order chi connectivity index (χ0) is 24.8. The molecule has 0 N–H and O–H groups in total. The minimum atomic E-state index is -0.860. The van der Waals surface area contributed by atoms with E-state index in [4.69, 9.17) is 9.47 Å². The first-order valence-electron chi connectivity index (χ1n) is 11.7. The fourth-order valence-corrected chi connectivity index (χ4v) is 4.97. The van der Waals surface area contributed by atoms with Gasteiger partial charge < -0.3 is 18.9 Å². The first-order valence-corrected chi connectivity index (χ1v) is 11.7. The summed E-state index contributed by atoms with van der Waals surface area (Å²) >= 11 is 0. The Balaban J connectivity index is 2.19. The Kier molecular flexibility index (Phi) is 6.22. The second-order valence-corrected chi connectivity index (χ2v) is 10.0. The van der Waals surface area contributed by atoms with E-state index in [-0.39, 0.29) is 0 Å². The van der Waals surface area contributed by atoms with Crippen LogP contribution in [-0.4, -0.2) is 36.8 Å². The number of benzene rings is 2. The molecule has 5 heteroatoms. The number of likely N-dealkylation sites (N-methyl/N-ethyl adjacent to an activating group) is 1. The van der Waals surface area contributed by atoms with Crippen LogP contribution in [0.15, 0.2) is 30.3 Å². The van der Waals surface area contributed by atoms with Crippen molar-refractivity contribution in [1.82, 2.24) is 4.57 Å². The van der Waals surface area contributed by atoms with Crippen LogP contribution < -0.4 is 4.90 Å². The van der Waals surface area contributed by atoms with E-state index in [1.807, 2.05) is 27.7 Å². The van der Waals surface area contributed by atoms with Crippen LogP contribution in [0.4, 0.5) is 5.69 Å². The number of esters is 1. The Bertz CT molecular complexity index is 1310. The van der Waals surface area contributed by atoms with Crippen LogP contribution in [0.25, 0.3) is 22.0 Å². The lowest BCUT2D eigenvalue weighted by atomic mass is 9.87. The van der Waals surface area contributed by atoms with Gasteiger partial charge in [-0.05, 0) is 70.2 Å². The van der Waals surface area contributed by atoms with E-state index in [1.54, 1.807) is 0 Å². The third-order valence-corrected chi connectivity index (χ3v) is 6.40. The Labute approximate surface area is 202 Å². The van der Waals surface area contributed by atoms with E-state index < -0.39 is 17.7 Å². The number of methoxy groups -OCH3 is 1. The van der Waals surface area contributed by atoms with Crippen LogP contribution in [0.3, 0.4) is 0 Å². The lowest BCUT2D eigenvalue weighted by Gasteiger charge is -2.34. The van der Waals surface area contributed by atoms with Gasteiger partial charge in [0.2, 0.25) is 0 Å². The number of aryl methyl sites for hydroxylation is 1. The Morgan fingerprint density at radius 1 is 1.12 bits per heavy atom. The van der Waals surface area contributed by atoms with Gasteiger partial charge in [0.15, 0.2) is 6.10 Å². The van der Waals surface area contributed by atoms with Crippen LogP contribution in [-0.2, 0) is 20.8 Å². The highest BCUT2D eigenvalue weighted by Crippen LogP contribution is 2.47. The second kappa shape index (κ2) is 8.85. The van der Waals surface area contributed by atoms with Crippen molar-refractivity contribution in [1.29, 1.82) is 0 Å². The van der Waals surface area contributed by atoms with Gasteiger partial charge in [-0.3, -0.25) is 0 Å². The summed E-state index contributed by atoms with van der Waals surface area (Å²) in [5.74, 6) is 5.96. The van der Waals surface area contributed by atoms with E-state index in [9.17, 15) is 4.79 Å². The first-order chi connectivity index (χ1) is 16.1. The highest BCUT2D eigenvalue weighted by molar-refractivity contribution is 6.08. The van der Waals surface area contributed by atoms with Gasteiger partial charge in [-0.2, -0.15) is 0 Å². The third kappa shape index (κ3) is 4.08. The van der Waals surface area contributed by atoms with Gasteiger partial charge in [-0.1, -0.05) is 35.7 Å². The predicted molar refractivity (Wildman–Crippen MR) is 138 cm³/mol. The number of nitrogens with zero attached hydrogens (tertiary/aromatic N) is 2. The summed E-state index contributed by atoms with van der Waals surface area (Å²) in [6, 6.07) is 10.6. The molecule has 0 spiro atoms. The van der Waals surface area contributed by atoms with E-state index in [2.05, 4.69) is 72.5 Å². The molecule has 0 saturated heterocycles. The average molecular weight is 459 g/mol. The van der Waals surface area contributed by atoms with Gasteiger partial charge in [-0.25, -0.2) is 4.79 Å². The molecule has 1 atom stereocenters. The Hall–Kier alpha value is -3.23. The third-order valence-electron chi connectivity index (χ3n) is 6.40. The smallest absolute Gasteiger partial charge is 0.339 e. The molecule has 1 aliphatic rings. The number of hydrogen-bond acceptors (Lipinski definition) is 4. The molecule has 0 unspecified atom stereocenters. The molecule has 0 aliphatic carbocycles. The number of anilines is 1. The summed E-state index contributed by atoms with van der Waals surface area (Å²) in [5.41, 5.74) is 7.83. The second-order valence-electron chi connectivity index (χ2n) is 10.0. The van der Waals surface area contributed by atoms with Crippen molar-refractivity contribution in [3.8, 4) is 23.0 Å². The van der Waals surface area contributed by atoms with Crippen molar-refractivity contribution in [2.75, 3.05) is 25.6 Å². The maximum absolute atomic E-state index is 13.2. The molecule has 0 amide bonds. The summed E-state index contributed by atoms with van der Waals surface area (Å²) in [6.07, 6.45) is -0.860. The zero-order valence-corrected chi connectivity index (χ0v) is 21.5. The van der Waals surface area contributed by atoms with Gasteiger partial charge in [0, 0.05) is 31.1 Å². The lowest BCUT2D eigenvalue weighted by Crippen LogP contribution is -2.32. The lowest BCUT2D eigenvalue weighted by molar-refractivity contribution is -0.164. The first kappa shape index (κ1) is 23.9. The number of ether oxygens (including phenoxy) is 2. The number of aromatic nitrogens is 1. The predicted octanol–water partition coefficient (Wildman–Crippen LogP) is 5.78. The molecule has 1 aromatic heterocycles. The monoisotopic (exact) mass is 458 g/mol. The SMILES string of the molecule is CC#Cc1cc2c(-c3ccc(C)cc3)c([C@H](OC(C)(C)C)C(=O)OC)c(C)c3c2n1CCN3C. The van der Waals surface area contributed by atoms with Crippen LogP contribution >= 0.6 is 0 Å². The van der Waals surface area contributed by atoms with Gasteiger partial charge >= 0.3 is 5.97 Å². The number of rotatable bonds is 4. The van der Waals surface area contributed by atoms with Crippen molar-refractivity contribution in [2.45, 2.75) is 59.8 Å². The summed E-state index contributed by atoms with van der Waals surface area (Å²) in [4.78, 5) is 15.5. The standard InChI is InChI=1S/C29H34N2O3/c1-9-10-21-17-22-24(20-13-11-18(2)12-14-20)23(27(28(32)33-8)34-29(4,5)6)19(3)25-26(22)31(21)16-15-30(25)7/h11-14,17,27H,15-16H2,1-8H3/t27-/m0/s1. The van der Waals surface area contributed by atoms with Crippen LogP contribution in [0.5, 0.6) is 0 Å². The van der Waals surface area contributed by atoms with Gasteiger partial charge in [0.05, 0.1) is 29.6 Å². The number of carbonyl (C=O) groups is 1. The number of hydrogen-bond donors (Lipinski definition) is 0. The molecule has 4 rings (SSSR count). The maximum Gasteiger partial charge on any atom is 0.339 e. The van der Waals surface area contributed by atoms with Crippen LogP contribution in [0.1, 0.15) is 56.2 Å². The molecular formula is C29H34N2O3. The van der Waals surface area contributed by atoms with Crippen molar-refractivity contribution in [3.63, 3.8) is 0 Å². The molecule has 2 aromatic carbocycles. The van der Waals surface area contributed by atoms with E-state index in [1.165, 1.54) is 12.7 Å². The number of carbonyl (C=O) groups excluding carboxylic acids is 1. The summed E-state index contributed by atoms with van der Waals surface area (Å²) < 4.78 is 14.0. The minimum Gasteiger partial charge on any atom is -0.467 e. The maximum atomic E-state index is 13.2. The quantitative estimate of drug-likeness (QED) is 0.367. The van der Waals surface area contributed by atoms with E-state index >= 15 is 0 Å². The fraction of sp³-hybridized carbons (Fsp3) is 0.414. The molecule has 178 valence electrons. The van der Waals surface area contributed by atoms with Gasteiger partial charge in [0.1, 0.15) is 0 Å². The highest BCUT2D eigenvalue weighted by atomic mass is 16.6. The van der Waals surface area contributed by atoms with E-state index in [0.29, 0.717) is 0 Å².